The maximum absolute atomic E-state index is 13.2. The number of aromatic nitrogens is 1. The molecular formula is C16H15FN2O3S2. The zero-order chi connectivity index (χ0) is 17.5. The van der Waals surface area contributed by atoms with Gasteiger partial charge in [-0.3, -0.25) is 14.1 Å². The SMILES string of the molecule is CC(C)n1c(=O)sc2cc(NS(=O)(=O)c3cccc(F)c3)ccc21. The number of fused-ring (bicyclic) bond motifs is 1. The van der Waals surface area contributed by atoms with E-state index in [0.717, 1.165) is 22.9 Å². The molecule has 1 heterocycles. The summed E-state index contributed by atoms with van der Waals surface area (Å²) in [5, 5.41) is 0. The van der Waals surface area contributed by atoms with Crippen LogP contribution in [0.3, 0.4) is 0 Å². The molecule has 2 aromatic carbocycles. The molecule has 0 unspecified atom stereocenters. The number of halogens is 1. The van der Waals surface area contributed by atoms with Crippen molar-refractivity contribution < 1.29 is 12.8 Å². The summed E-state index contributed by atoms with van der Waals surface area (Å²) >= 11 is 1.06. The van der Waals surface area contributed by atoms with Gasteiger partial charge in [-0.25, -0.2) is 12.8 Å². The molecule has 24 heavy (non-hydrogen) atoms. The molecule has 0 aliphatic carbocycles. The fraction of sp³-hybridized carbons (Fsp3) is 0.188. The van der Waals surface area contributed by atoms with Gasteiger partial charge in [-0.1, -0.05) is 17.4 Å². The van der Waals surface area contributed by atoms with Crippen LogP contribution in [-0.4, -0.2) is 13.0 Å². The minimum Gasteiger partial charge on any atom is -0.296 e. The van der Waals surface area contributed by atoms with E-state index in [2.05, 4.69) is 4.72 Å². The molecule has 0 aliphatic rings. The van der Waals surface area contributed by atoms with Crippen LogP contribution in [0.5, 0.6) is 0 Å². The van der Waals surface area contributed by atoms with Gasteiger partial charge in [0.05, 0.1) is 20.8 Å². The molecule has 126 valence electrons. The molecule has 0 radical (unpaired) electrons. The number of thiazole rings is 1. The van der Waals surface area contributed by atoms with Gasteiger partial charge in [-0.15, -0.1) is 0 Å². The van der Waals surface area contributed by atoms with Gasteiger partial charge in [-0.2, -0.15) is 0 Å². The second-order valence-corrected chi connectivity index (χ2v) is 8.25. The predicted octanol–water partition coefficient (Wildman–Crippen LogP) is 3.58. The number of nitrogens with zero attached hydrogens (tertiary/aromatic N) is 1. The zero-order valence-electron chi connectivity index (χ0n) is 13.0. The molecule has 0 aliphatic heterocycles. The van der Waals surface area contributed by atoms with Crippen LogP contribution >= 0.6 is 11.3 Å². The van der Waals surface area contributed by atoms with Crippen LogP contribution in [0.4, 0.5) is 10.1 Å². The maximum Gasteiger partial charge on any atom is 0.308 e. The summed E-state index contributed by atoms with van der Waals surface area (Å²) < 4.78 is 42.7. The fourth-order valence-electron chi connectivity index (χ4n) is 2.44. The van der Waals surface area contributed by atoms with Crippen molar-refractivity contribution in [2.75, 3.05) is 4.72 Å². The summed E-state index contributed by atoms with van der Waals surface area (Å²) in [7, 11) is -3.89. The number of hydrogen-bond donors (Lipinski definition) is 1. The number of hydrogen-bond acceptors (Lipinski definition) is 4. The summed E-state index contributed by atoms with van der Waals surface area (Å²) in [5.74, 6) is -0.624. The van der Waals surface area contributed by atoms with E-state index in [4.69, 9.17) is 0 Å². The highest BCUT2D eigenvalue weighted by Gasteiger charge is 2.16. The van der Waals surface area contributed by atoms with E-state index in [1.807, 2.05) is 13.8 Å². The lowest BCUT2D eigenvalue weighted by Crippen LogP contribution is -2.15. The Bertz CT molecular complexity index is 1070. The van der Waals surface area contributed by atoms with Crippen molar-refractivity contribution in [1.82, 2.24) is 4.57 Å². The Hall–Kier alpha value is -2.19. The van der Waals surface area contributed by atoms with Crippen molar-refractivity contribution in [1.29, 1.82) is 0 Å². The first kappa shape index (κ1) is 16.7. The minimum absolute atomic E-state index is 0.0149. The number of benzene rings is 2. The fourth-order valence-corrected chi connectivity index (χ4v) is 4.57. The van der Waals surface area contributed by atoms with E-state index in [-0.39, 0.29) is 15.8 Å². The van der Waals surface area contributed by atoms with Gasteiger partial charge in [0.1, 0.15) is 5.82 Å². The van der Waals surface area contributed by atoms with Crippen molar-refractivity contribution in [2.45, 2.75) is 24.8 Å². The maximum atomic E-state index is 13.2. The Balaban J connectivity index is 2.00. The summed E-state index contributed by atoms with van der Waals surface area (Å²) in [6.07, 6.45) is 0. The second-order valence-electron chi connectivity index (χ2n) is 5.58. The van der Waals surface area contributed by atoms with Crippen LogP contribution in [-0.2, 0) is 10.0 Å². The standard InChI is InChI=1S/C16H15FN2O3S2/c1-10(2)19-14-7-6-12(9-15(14)23-16(19)20)18-24(21,22)13-5-3-4-11(17)8-13/h3-10,18H,1-2H3. The Morgan fingerprint density at radius 2 is 1.92 bits per heavy atom. The minimum atomic E-state index is -3.89. The molecule has 0 amide bonds. The largest absolute Gasteiger partial charge is 0.308 e. The molecule has 8 heteroatoms. The van der Waals surface area contributed by atoms with Crippen LogP contribution < -0.4 is 9.60 Å². The normalized spacial score (nSPS) is 12.0. The van der Waals surface area contributed by atoms with Crippen LogP contribution in [0.2, 0.25) is 0 Å². The number of rotatable bonds is 4. The lowest BCUT2D eigenvalue weighted by molar-refractivity contribution is 0.595. The molecule has 3 aromatic rings. The van der Waals surface area contributed by atoms with E-state index in [9.17, 15) is 17.6 Å². The van der Waals surface area contributed by atoms with Gasteiger partial charge in [0, 0.05) is 6.04 Å². The molecule has 0 saturated heterocycles. The smallest absolute Gasteiger partial charge is 0.296 e. The molecule has 1 N–H and O–H groups in total. The molecule has 5 nitrogen and oxygen atoms in total. The monoisotopic (exact) mass is 366 g/mol. The Morgan fingerprint density at radius 3 is 2.58 bits per heavy atom. The van der Waals surface area contributed by atoms with Crippen LogP contribution in [0.1, 0.15) is 19.9 Å². The lowest BCUT2D eigenvalue weighted by atomic mass is 10.3. The number of anilines is 1. The van der Waals surface area contributed by atoms with Crippen molar-refractivity contribution in [3.63, 3.8) is 0 Å². The molecule has 1 aromatic heterocycles. The molecule has 3 rings (SSSR count). The van der Waals surface area contributed by atoms with E-state index >= 15 is 0 Å². The third-order valence-electron chi connectivity index (χ3n) is 3.49. The van der Waals surface area contributed by atoms with Gasteiger partial charge in [0.2, 0.25) is 0 Å². The van der Waals surface area contributed by atoms with Crippen LogP contribution in [0.15, 0.2) is 52.2 Å². The molecular weight excluding hydrogens is 351 g/mol. The van der Waals surface area contributed by atoms with Crippen LogP contribution in [0.25, 0.3) is 10.2 Å². The Kier molecular flexibility index (Phi) is 4.18. The Morgan fingerprint density at radius 1 is 1.17 bits per heavy atom. The van der Waals surface area contributed by atoms with Gasteiger partial charge in [-0.05, 0) is 50.2 Å². The summed E-state index contributed by atoms with van der Waals surface area (Å²) in [5.41, 5.74) is 1.08. The molecule has 0 saturated carbocycles. The number of sulfonamides is 1. The third-order valence-corrected chi connectivity index (χ3v) is 5.79. The first-order chi connectivity index (χ1) is 11.3. The first-order valence-corrected chi connectivity index (χ1v) is 9.51. The van der Waals surface area contributed by atoms with E-state index in [0.29, 0.717) is 10.4 Å². The summed E-state index contributed by atoms with van der Waals surface area (Å²) in [6.45, 7) is 3.82. The third kappa shape index (κ3) is 3.07. The molecule has 0 spiro atoms. The van der Waals surface area contributed by atoms with Gasteiger partial charge >= 0.3 is 4.87 Å². The average Bonchev–Trinajstić information content (AvgIpc) is 2.82. The highest BCUT2D eigenvalue weighted by Crippen LogP contribution is 2.25. The van der Waals surface area contributed by atoms with Crippen molar-refractivity contribution in [3.05, 3.63) is 57.9 Å². The van der Waals surface area contributed by atoms with Gasteiger partial charge in [0.25, 0.3) is 10.0 Å². The topological polar surface area (TPSA) is 68.2 Å². The lowest BCUT2D eigenvalue weighted by Gasteiger charge is -2.10. The highest BCUT2D eigenvalue weighted by molar-refractivity contribution is 7.92. The molecule has 0 atom stereocenters. The van der Waals surface area contributed by atoms with E-state index < -0.39 is 15.8 Å². The summed E-state index contributed by atoms with van der Waals surface area (Å²) in [4.78, 5) is 11.8. The molecule has 0 bridgehead atoms. The van der Waals surface area contributed by atoms with Gasteiger partial charge < -0.3 is 0 Å². The van der Waals surface area contributed by atoms with E-state index in [1.54, 1.807) is 22.8 Å². The summed E-state index contributed by atoms with van der Waals surface area (Å²) in [6, 6.07) is 9.70. The second kappa shape index (κ2) is 6.03. The van der Waals surface area contributed by atoms with Gasteiger partial charge in [0.15, 0.2) is 0 Å². The first-order valence-electron chi connectivity index (χ1n) is 7.21. The predicted molar refractivity (Wildman–Crippen MR) is 93.7 cm³/mol. The quantitative estimate of drug-likeness (QED) is 0.767. The zero-order valence-corrected chi connectivity index (χ0v) is 14.6. The molecule has 0 fully saturated rings. The van der Waals surface area contributed by atoms with Crippen molar-refractivity contribution in [2.24, 2.45) is 0 Å². The highest BCUT2D eigenvalue weighted by atomic mass is 32.2. The average molecular weight is 366 g/mol. The van der Waals surface area contributed by atoms with Crippen molar-refractivity contribution in [3.8, 4) is 0 Å². The number of nitrogens with one attached hydrogen (secondary N) is 1. The van der Waals surface area contributed by atoms with Crippen LogP contribution in [0, 0.1) is 5.82 Å². The van der Waals surface area contributed by atoms with Crippen molar-refractivity contribution >= 4 is 37.3 Å². The Labute approximate surface area is 142 Å². The van der Waals surface area contributed by atoms with E-state index in [1.165, 1.54) is 18.2 Å².